The van der Waals surface area contributed by atoms with Gasteiger partial charge in [-0.1, -0.05) is 24.3 Å². The van der Waals surface area contributed by atoms with Crippen LogP contribution in [0.4, 0.5) is 10.2 Å². The zero-order valence-corrected chi connectivity index (χ0v) is 24.0. The zero-order chi connectivity index (χ0) is 30.1. The number of likely N-dealkylation sites (N-methyl/N-ethyl adjacent to an activating group) is 1. The molecule has 220 valence electrons. The number of amides is 1. The maximum absolute atomic E-state index is 14.1. The highest BCUT2D eigenvalue weighted by molar-refractivity contribution is 5.93. The van der Waals surface area contributed by atoms with Crippen LogP contribution in [0.15, 0.2) is 72.2 Å². The van der Waals surface area contributed by atoms with Crippen LogP contribution in [-0.4, -0.2) is 44.3 Å². The molecule has 1 aromatic carbocycles. The smallest absolute Gasteiger partial charge is 0.294 e. The highest BCUT2D eigenvalue weighted by atomic mass is 19.1. The van der Waals surface area contributed by atoms with Gasteiger partial charge in [0.25, 0.3) is 5.56 Å². The number of aromatic nitrogens is 4. The lowest BCUT2D eigenvalue weighted by Crippen LogP contribution is -2.38. The molecular formula is C31H32FN9O2. The second-order valence-corrected chi connectivity index (χ2v) is 10.6. The van der Waals surface area contributed by atoms with Crippen LogP contribution in [0.2, 0.25) is 0 Å². The molecule has 1 unspecified atom stereocenters. The largest absolute Gasteiger partial charge is 0.315 e. The molecule has 0 bridgehead atoms. The molecule has 0 spiro atoms. The van der Waals surface area contributed by atoms with Crippen molar-refractivity contribution in [3.05, 3.63) is 106 Å². The molecule has 1 aliphatic carbocycles. The number of fused-ring (bicyclic) bond motifs is 1. The molecule has 2 atom stereocenters. The van der Waals surface area contributed by atoms with Crippen LogP contribution in [0.3, 0.4) is 0 Å². The average molecular weight is 582 g/mol. The molecular weight excluding hydrogens is 549 g/mol. The first-order valence-corrected chi connectivity index (χ1v) is 13.9. The summed E-state index contributed by atoms with van der Waals surface area (Å²) in [6.45, 7) is 3.85. The minimum Gasteiger partial charge on any atom is -0.315 e. The number of rotatable bonds is 8. The monoisotopic (exact) mass is 581 g/mol. The Morgan fingerprint density at radius 2 is 1.98 bits per heavy atom. The zero-order valence-electron chi connectivity index (χ0n) is 24.0. The van der Waals surface area contributed by atoms with Crippen molar-refractivity contribution in [2.75, 3.05) is 12.4 Å². The Kier molecular flexibility index (Phi) is 7.61. The van der Waals surface area contributed by atoms with Crippen molar-refractivity contribution in [3.63, 3.8) is 0 Å². The number of hydrazine groups is 2. The number of halogens is 1. The summed E-state index contributed by atoms with van der Waals surface area (Å²) in [5.74, 6) is -0.426. The van der Waals surface area contributed by atoms with Crippen LogP contribution in [-0.2, 0) is 17.8 Å². The molecule has 6 rings (SSSR count). The summed E-state index contributed by atoms with van der Waals surface area (Å²) in [6, 6.07) is 9.16. The molecule has 43 heavy (non-hydrogen) atoms. The van der Waals surface area contributed by atoms with Gasteiger partial charge in [0, 0.05) is 36.3 Å². The number of pyridine rings is 1. The van der Waals surface area contributed by atoms with E-state index in [0.29, 0.717) is 12.1 Å². The van der Waals surface area contributed by atoms with E-state index in [1.165, 1.54) is 0 Å². The van der Waals surface area contributed by atoms with Crippen molar-refractivity contribution in [2.24, 2.45) is 0 Å². The lowest BCUT2D eigenvalue weighted by molar-refractivity contribution is -0.117. The van der Waals surface area contributed by atoms with Gasteiger partial charge in [-0.05, 0) is 61.4 Å². The molecule has 0 fully saturated rings. The average Bonchev–Trinajstić information content (AvgIpc) is 3.67. The van der Waals surface area contributed by atoms with E-state index < -0.39 is 17.8 Å². The SMILES string of the molecule is CN[C@@H](C)C(=O)Nc1ncc(-c2ccc(C3=CNNN3)cc2)n(Cc2cncc(-n3cc(C)c4c3C=CC(F)C4)c2)c1=O. The number of hydrogen-bond donors (Lipinski definition) is 5. The summed E-state index contributed by atoms with van der Waals surface area (Å²) in [5, 5.41) is 5.52. The third-order valence-electron chi connectivity index (χ3n) is 7.73. The van der Waals surface area contributed by atoms with Crippen LogP contribution in [0, 0.1) is 6.92 Å². The Balaban J connectivity index is 1.39. The molecule has 12 heteroatoms. The van der Waals surface area contributed by atoms with E-state index in [1.807, 2.05) is 60.3 Å². The molecule has 3 aromatic heterocycles. The Morgan fingerprint density at radius 1 is 1.19 bits per heavy atom. The van der Waals surface area contributed by atoms with Gasteiger partial charge in [0.1, 0.15) is 6.17 Å². The molecule has 2 aliphatic rings. The fraction of sp³-hybridized carbons (Fsp3) is 0.226. The number of hydrogen-bond acceptors (Lipinski definition) is 8. The number of aryl methyl sites for hydroxylation is 1. The maximum atomic E-state index is 14.1. The topological polar surface area (TPSA) is 130 Å². The Labute approximate surface area is 247 Å². The second-order valence-electron chi connectivity index (χ2n) is 10.6. The standard InChI is InChI=1S/C31H32FN9O2/c1-18-16-40(27-9-8-23(32)11-25(18)27)24-10-20(12-34-13-24)17-41-28(15-35-29(31(41)43)37-30(42)19(2)33-3)22-6-4-21(5-7-22)26-14-36-39-38-26/h4-10,12-16,19,23,33,36,38-39H,11,17H2,1-3H3,(H,35,37,42)/t19-,23?/m0/s1. The maximum Gasteiger partial charge on any atom is 0.294 e. The predicted octanol–water partition coefficient (Wildman–Crippen LogP) is 2.82. The highest BCUT2D eigenvalue weighted by Gasteiger charge is 2.21. The molecule has 5 N–H and O–H groups in total. The number of carbonyl (C=O) groups excluding carboxylic acids is 1. The fourth-order valence-corrected chi connectivity index (χ4v) is 5.22. The van der Waals surface area contributed by atoms with Crippen LogP contribution in [0.1, 0.15) is 34.9 Å². The van der Waals surface area contributed by atoms with E-state index in [9.17, 15) is 14.0 Å². The molecule has 0 saturated carbocycles. The Hall–Kier alpha value is -5.07. The van der Waals surface area contributed by atoms with Crippen molar-refractivity contribution in [3.8, 4) is 16.9 Å². The third-order valence-corrected chi connectivity index (χ3v) is 7.73. The first kappa shape index (κ1) is 28.1. The number of carbonyl (C=O) groups is 1. The summed E-state index contributed by atoms with van der Waals surface area (Å²) in [4.78, 5) is 35.2. The van der Waals surface area contributed by atoms with Gasteiger partial charge in [0.2, 0.25) is 5.91 Å². The predicted molar refractivity (Wildman–Crippen MR) is 164 cm³/mol. The third kappa shape index (κ3) is 5.57. The van der Waals surface area contributed by atoms with Crippen LogP contribution >= 0.6 is 0 Å². The number of benzene rings is 1. The van der Waals surface area contributed by atoms with Crippen LogP contribution in [0.5, 0.6) is 0 Å². The minimum absolute atomic E-state index is 0.0601. The fourth-order valence-electron chi connectivity index (χ4n) is 5.22. The lowest BCUT2D eigenvalue weighted by Gasteiger charge is -2.17. The molecule has 0 saturated heterocycles. The van der Waals surface area contributed by atoms with Crippen molar-refractivity contribution in [1.82, 2.24) is 40.8 Å². The molecule has 4 aromatic rings. The van der Waals surface area contributed by atoms with E-state index in [1.54, 1.807) is 43.2 Å². The number of nitrogens with one attached hydrogen (secondary N) is 5. The summed E-state index contributed by atoms with van der Waals surface area (Å²) in [6.07, 6.45) is 11.6. The minimum atomic E-state index is -0.997. The van der Waals surface area contributed by atoms with Crippen molar-refractivity contribution in [1.29, 1.82) is 0 Å². The Morgan fingerprint density at radius 3 is 2.72 bits per heavy atom. The van der Waals surface area contributed by atoms with Gasteiger partial charge in [0.15, 0.2) is 5.82 Å². The van der Waals surface area contributed by atoms with Gasteiger partial charge in [0.05, 0.1) is 42.1 Å². The number of alkyl halides is 1. The van der Waals surface area contributed by atoms with E-state index in [4.69, 9.17) is 0 Å². The lowest BCUT2D eigenvalue weighted by atomic mass is 10.00. The molecule has 4 heterocycles. The van der Waals surface area contributed by atoms with Gasteiger partial charge < -0.3 is 26.1 Å². The molecule has 0 radical (unpaired) electrons. The summed E-state index contributed by atoms with van der Waals surface area (Å²) < 4.78 is 17.7. The summed E-state index contributed by atoms with van der Waals surface area (Å²) in [7, 11) is 1.67. The second kappa shape index (κ2) is 11.7. The highest BCUT2D eigenvalue weighted by Crippen LogP contribution is 2.29. The van der Waals surface area contributed by atoms with Gasteiger partial charge in [-0.2, -0.15) is 5.53 Å². The number of anilines is 1. The first-order valence-electron chi connectivity index (χ1n) is 13.9. The van der Waals surface area contributed by atoms with Crippen molar-refractivity contribution < 1.29 is 9.18 Å². The van der Waals surface area contributed by atoms with Crippen molar-refractivity contribution in [2.45, 2.75) is 39.0 Å². The van der Waals surface area contributed by atoms with E-state index in [-0.39, 0.29) is 18.3 Å². The van der Waals surface area contributed by atoms with Crippen LogP contribution < -0.4 is 32.6 Å². The molecule has 1 amide bonds. The van der Waals surface area contributed by atoms with Gasteiger partial charge in [-0.15, -0.1) is 0 Å². The molecule has 11 nitrogen and oxygen atoms in total. The van der Waals surface area contributed by atoms with Crippen molar-refractivity contribution >= 4 is 23.5 Å². The van der Waals surface area contributed by atoms with Gasteiger partial charge in [-0.3, -0.25) is 19.1 Å². The molecule has 1 aliphatic heterocycles. The quantitative estimate of drug-likeness (QED) is 0.215. The normalized spacial score (nSPS) is 16.2. The summed E-state index contributed by atoms with van der Waals surface area (Å²) in [5.41, 5.74) is 15.9. The van der Waals surface area contributed by atoms with E-state index >= 15 is 0 Å². The summed E-state index contributed by atoms with van der Waals surface area (Å²) >= 11 is 0. The number of allylic oxidation sites excluding steroid dienone is 1. The number of nitrogens with zero attached hydrogens (tertiary/aromatic N) is 4. The van der Waals surface area contributed by atoms with Gasteiger partial charge in [-0.25, -0.2) is 9.37 Å². The van der Waals surface area contributed by atoms with E-state index in [0.717, 1.165) is 44.9 Å². The van der Waals surface area contributed by atoms with Crippen LogP contribution in [0.25, 0.3) is 28.7 Å². The Bertz CT molecular complexity index is 1810. The van der Waals surface area contributed by atoms with E-state index in [2.05, 4.69) is 37.0 Å². The first-order chi connectivity index (χ1) is 20.8. The van der Waals surface area contributed by atoms with Gasteiger partial charge >= 0.3 is 0 Å².